The molecule has 0 aliphatic heterocycles. The van der Waals surface area contributed by atoms with E-state index in [2.05, 4.69) is 5.32 Å². The van der Waals surface area contributed by atoms with Gasteiger partial charge in [-0.05, 0) is 26.0 Å². The topological polar surface area (TPSA) is 38.3 Å². The molecule has 0 unspecified atom stereocenters. The third-order valence-electron chi connectivity index (χ3n) is 2.15. The van der Waals surface area contributed by atoms with Gasteiger partial charge in [-0.2, -0.15) is 0 Å². The van der Waals surface area contributed by atoms with Crippen molar-refractivity contribution in [1.82, 2.24) is 0 Å². The molecule has 0 radical (unpaired) electrons. The Morgan fingerprint density at radius 3 is 2.47 bits per heavy atom. The number of ether oxygens (including phenoxy) is 1. The number of hydrogen-bond acceptors (Lipinski definition) is 2. The maximum Gasteiger partial charge on any atom is 0.232 e. The molecular weight excluding hydrogens is 190 g/mol. The minimum Gasteiger partial charge on any atom is -0.384 e. The Bertz CT molecular complexity index is 320. The van der Waals surface area contributed by atoms with Crippen LogP contribution in [0.3, 0.4) is 0 Å². The summed E-state index contributed by atoms with van der Waals surface area (Å²) in [5.74, 6) is -0.0319. The van der Waals surface area contributed by atoms with E-state index >= 15 is 0 Å². The van der Waals surface area contributed by atoms with Crippen LogP contribution in [0.15, 0.2) is 30.3 Å². The fraction of sp³-hybridized carbons (Fsp3) is 0.417. The largest absolute Gasteiger partial charge is 0.384 e. The van der Waals surface area contributed by atoms with Crippen molar-refractivity contribution >= 4 is 11.6 Å². The molecule has 15 heavy (non-hydrogen) atoms. The fourth-order valence-corrected chi connectivity index (χ4v) is 1.25. The van der Waals surface area contributed by atoms with Crippen LogP contribution in [0.2, 0.25) is 0 Å². The van der Waals surface area contributed by atoms with Gasteiger partial charge in [-0.25, -0.2) is 0 Å². The zero-order valence-electron chi connectivity index (χ0n) is 9.41. The maximum absolute atomic E-state index is 11.8. The van der Waals surface area contributed by atoms with Crippen LogP contribution in [-0.2, 0) is 9.53 Å². The molecule has 1 rings (SSSR count). The highest BCUT2D eigenvalue weighted by Gasteiger charge is 2.27. The Hall–Kier alpha value is -1.35. The van der Waals surface area contributed by atoms with Gasteiger partial charge >= 0.3 is 0 Å². The molecule has 1 aromatic rings. The minimum absolute atomic E-state index is 0.0319. The number of anilines is 1. The number of amides is 1. The van der Waals surface area contributed by atoms with Crippen LogP contribution < -0.4 is 5.32 Å². The molecular formula is C12H17NO2. The molecule has 0 aliphatic carbocycles. The summed E-state index contributed by atoms with van der Waals surface area (Å²) in [4.78, 5) is 11.8. The molecule has 0 atom stereocenters. The lowest BCUT2D eigenvalue weighted by molar-refractivity contribution is -0.126. The maximum atomic E-state index is 11.8. The molecule has 1 N–H and O–H groups in total. The lowest BCUT2D eigenvalue weighted by Crippen LogP contribution is -2.34. The highest BCUT2D eigenvalue weighted by atomic mass is 16.5. The van der Waals surface area contributed by atoms with E-state index in [1.165, 1.54) is 0 Å². The van der Waals surface area contributed by atoms with E-state index in [-0.39, 0.29) is 5.91 Å². The van der Waals surface area contributed by atoms with Crippen molar-refractivity contribution in [1.29, 1.82) is 0 Å². The van der Waals surface area contributed by atoms with Gasteiger partial charge in [-0.15, -0.1) is 0 Å². The van der Waals surface area contributed by atoms with Crippen molar-refractivity contribution in [3.8, 4) is 0 Å². The number of hydrogen-bond donors (Lipinski definition) is 1. The summed E-state index contributed by atoms with van der Waals surface area (Å²) in [6.07, 6.45) is 0. The molecule has 0 aliphatic rings. The van der Waals surface area contributed by atoms with Crippen molar-refractivity contribution in [2.24, 2.45) is 5.41 Å². The Kier molecular flexibility index (Phi) is 3.86. The summed E-state index contributed by atoms with van der Waals surface area (Å²) in [5.41, 5.74) is 0.302. The number of para-hydroxylation sites is 1. The van der Waals surface area contributed by atoms with Crippen LogP contribution in [0, 0.1) is 5.41 Å². The van der Waals surface area contributed by atoms with Gasteiger partial charge in [0.15, 0.2) is 0 Å². The summed E-state index contributed by atoms with van der Waals surface area (Å²) < 4.78 is 5.00. The van der Waals surface area contributed by atoms with Crippen LogP contribution in [0.25, 0.3) is 0 Å². The molecule has 0 saturated carbocycles. The van der Waals surface area contributed by atoms with Crippen LogP contribution in [0.5, 0.6) is 0 Å². The van der Waals surface area contributed by atoms with E-state index in [9.17, 15) is 4.79 Å². The van der Waals surface area contributed by atoms with Crippen molar-refractivity contribution in [3.63, 3.8) is 0 Å². The Balaban J connectivity index is 2.63. The molecule has 82 valence electrons. The van der Waals surface area contributed by atoms with Crippen molar-refractivity contribution in [3.05, 3.63) is 30.3 Å². The van der Waals surface area contributed by atoms with Gasteiger partial charge < -0.3 is 10.1 Å². The predicted octanol–water partition coefficient (Wildman–Crippen LogP) is 2.30. The summed E-state index contributed by atoms with van der Waals surface area (Å²) in [6, 6.07) is 9.41. The highest BCUT2D eigenvalue weighted by Crippen LogP contribution is 2.18. The van der Waals surface area contributed by atoms with E-state index < -0.39 is 5.41 Å². The second-order valence-corrected chi connectivity index (χ2v) is 4.14. The minimum atomic E-state index is -0.509. The first-order valence-corrected chi connectivity index (χ1v) is 4.92. The fourth-order valence-electron chi connectivity index (χ4n) is 1.25. The van der Waals surface area contributed by atoms with Crippen LogP contribution in [-0.4, -0.2) is 19.6 Å². The molecule has 0 saturated heterocycles. The second-order valence-electron chi connectivity index (χ2n) is 4.14. The molecule has 1 amide bonds. The highest BCUT2D eigenvalue weighted by molar-refractivity contribution is 5.94. The second kappa shape index (κ2) is 4.94. The molecule has 0 fully saturated rings. The number of rotatable bonds is 4. The Morgan fingerprint density at radius 1 is 1.33 bits per heavy atom. The zero-order chi connectivity index (χ0) is 11.3. The molecule has 0 aromatic heterocycles. The molecule has 3 nitrogen and oxygen atoms in total. The standard InChI is InChI=1S/C12H17NO2/c1-12(2,9-15-3)11(14)13-10-7-5-4-6-8-10/h4-8H,9H2,1-3H3,(H,13,14). The normalized spacial score (nSPS) is 11.1. The number of nitrogens with one attached hydrogen (secondary N) is 1. The van der Waals surface area contributed by atoms with Crippen LogP contribution >= 0.6 is 0 Å². The van der Waals surface area contributed by atoms with E-state index in [1.54, 1.807) is 7.11 Å². The van der Waals surface area contributed by atoms with Gasteiger partial charge in [0.2, 0.25) is 5.91 Å². The van der Waals surface area contributed by atoms with Gasteiger partial charge in [-0.1, -0.05) is 18.2 Å². The molecule has 0 heterocycles. The van der Waals surface area contributed by atoms with Gasteiger partial charge in [0.25, 0.3) is 0 Å². The lowest BCUT2D eigenvalue weighted by Gasteiger charge is -2.22. The summed E-state index contributed by atoms with van der Waals surface area (Å²) >= 11 is 0. The molecule has 0 spiro atoms. The average molecular weight is 207 g/mol. The predicted molar refractivity (Wildman–Crippen MR) is 60.7 cm³/mol. The molecule has 1 aromatic carbocycles. The van der Waals surface area contributed by atoms with Crippen molar-refractivity contribution < 1.29 is 9.53 Å². The van der Waals surface area contributed by atoms with E-state index in [0.29, 0.717) is 6.61 Å². The van der Waals surface area contributed by atoms with Gasteiger partial charge in [0.05, 0.1) is 12.0 Å². The Morgan fingerprint density at radius 2 is 1.93 bits per heavy atom. The third-order valence-corrected chi connectivity index (χ3v) is 2.15. The molecule has 3 heteroatoms. The average Bonchev–Trinajstić information content (AvgIpc) is 2.19. The molecule has 0 bridgehead atoms. The van der Waals surface area contributed by atoms with Crippen LogP contribution in [0.1, 0.15) is 13.8 Å². The summed E-state index contributed by atoms with van der Waals surface area (Å²) in [6.45, 7) is 4.12. The zero-order valence-corrected chi connectivity index (χ0v) is 9.41. The van der Waals surface area contributed by atoms with Crippen molar-refractivity contribution in [2.45, 2.75) is 13.8 Å². The Labute approximate surface area is 90.4 Å². The number of carbonyl (C=O) groups excluding carboxylic acids is 1. The first-order chi connectivity index (χ1) is 7.06. The monoisotopic (exact) mass is 207 g/mol. The van der Waals surface area contributed by atoms with E-state index in [0.717, 1.165) is 5.69 Å². The first kappa shape index (κ1) is 11.7. The van der Waals surface area contributed by atoms with Crippen LogP contribution in [0.4, 0.5) is 5.69 Å². The third kappa shape index (κ3) is 3.36. The number of methoxy groups -OCH3 is 1. The summed E-state index contributed by atoms with van der Waals surface area (Å²) in [7, 11) is 1.59. The van der Waals surface area contributed by atoms with Gasteiger partial charge in [-0.3, -0.25) is 4.79 Å². The summed E-state index contributed by atoms with van der Waals surface area (Å²) in [5, 5.41) is 2.85. The smallest absolute Gasteiger partial charge is 0.232 e. The quantitative estimate of drug-likeness (QED) is 0.822. The van der Waals surface area contributed by atoms with Gasteiger partial charge in [0, 0.05) is 12.8 Å². The SMILES string of the molecule is COCC(C)(C)C(=O)Nc1ccccc1. The van der Waals surface area contributed by atoms with E-state index in [1.807, 2.05) is 44.2 Å². The lowest BCUT2D eigenvalue weighted by atomic mass is 9.93. The van der Waals surface area contributed by atoms with E-state index in [4.69, 9.17) is 4.74 Å². The number of benzene rings is 1. The number of carbonyl (C=O) groups is 1. The van der Waals surface area contributed by atoms with Crippen molar-refractivity contribution in [2.75, 3.05) is 19.0 Å². The first-order valence-electron chi connectivity index (χ1n) is 4.92. The van der Waals surface area contributed by atoms with Gasteiger partial charge in [0.1, 0.15) is 0 Å².